The van der Waals surface area contributed by atoms with E-state index in [0.29, 0.717) is 43.6 Å². The van der Waals surface area contributed by atoms with E-state index in [1.165, 1.54) is 4.90 Å². The number of amides is 2. The summed E-state index contributed by atoms with van der Waals surface area (Å²) >= 11 is 0. The third-order valence-corrected chi connectivity index (χ3v) is 6.75. The highest BCUT2D eigenvalue weighted by Gasteiger charge is 2.38. The van der Waals surface area contributed by atoms with Crippen molar-refractivity contribution in [2.24, 2.45) is 0 Å². The van der Waals surface area contributed by atoms with Gasteiger partial charge in [0.15, 0.2) is 5.82 Å². The molecule has 0 spiro atoms. The molecule has 0 radical (unpaired) electrons. The predicted molar refractivity (Wildman–Crippen MR) is 147 cm³/mol. The fourth-order valence-electron chi connectivity index (χ4n) is 4.91. The minimum atomic E-state index is -0.702. The van der Waals surface area contributed by atoms with Crippen LogP contribution < -0.4 is 14.5 Å². The lowest BCUT2D eigenvalue weighted by molar-refractivity contribution is 0.00818. The summed E-state index contributed by atoms with van der Waals surface area (Å²) in [5.41, 5.74) is 2.12. The van der Waals surface area contributed by atoms with Gasteiger partial charge in [0.25, 0.3) is 0 Å². The Bertz CT molecular complexity index is 1240. The molecule has 0 atom stereocenters. The van der Waals surface area contributed by atoms with Crippen molar-refractivity contribution in [3.8, 4) is 5.75 Å². The van der Waals surface area contributed by atoms with E-state index in [-0.39, 0.29) is 18.6 Å². The summed E-state index contributed by atoms with van der Waals surface area (Å²) in [6.07, 6.45) is 0.879. The first-order valence-corrected chi connectivity index (χ1v) is 13.5. The number of pyridine rings is 1. The van der Waals surface area contributed by atoms with Crippen LogP contribution in [0.4, 0.5) is 26.8 Å². The number of hydrogen-bond acceptors (Lipinski definition) is 8. The van der Waals surface area contributed by atoms with Gasteiger partial charge in [0.1, 0.15) is 23.6 Å². The first-order chi connectivity index (χ1) is 18.4. The molecule has 10 heteroatoms. The lowest BCUT2D eigenvalue weighted by Crippen LogP contribution is -2.50. The summed E-state index contributed by atoms with van der Waals surface area (Å²) in [5, 5.41) is 0. The second kappa shape index (κ2) is 10.2. The number of benzene rings is 1. The van der Waals surface area contributed by atoms with Crippen molar-refractivity contribution in [1.29, 1.82) is 0 Å². The van der Waals surface area contributed by atoms with Gasteiger partial charge in [-0.2, -0.15) is 0 Å². The highest BCUT2D eigenvalue weighted by molar-refractivity contribution is 5.99. The van der Waals surface area contributed by atoms with Gasteiger partial charge >= 0.3 is 12.2 Å². The first-order valence-electron chi connectivity index (χ1n) is 13.5. The number of nitrogens with zero attached hydrogens (tertiary/aromatic N) is 4. The van der Waals surface area contributed by atoms with E-state index in [1.54, 1.807) is 11.1 Å². The first kappa shape index (κ1) is 27.1. The Balaban J connectivity index is 1.49. The van der Waals surface area contributed by atoms with E-state index in [4.69, 9.17) is 18.9 Å². The summed E-state index contributed by atoms with van der Waals surface area (Å²) in [6, 6.07) is 7.80. The molecular weight excluding hydrogens is 500 g/mol. The van der Waals surface area contributed by atoms with Crippen LogP contribution in [0.25, 0.3) is 0 Å². The van der Waals surface area contributed by atoms with Crippen molar-refractivity contribution >= 4 is 29.4 Å². The van der Waals surface area contributed by atoms with Gasteiger partial charge in [0.2, 0.25) is 0 Å². The van der Waals surface area contributed by atoms with Gasteiger partial charge in [-0.15, -0.1) is 0 Å². The molecule has 39 heavy (non-hydrogen) atoms. The van der Waals surface area contributed by atoms with E-state index in [2.05, 4.69) is 9.88 Å². The Morgan fingerprint density at radius 2 is 1.59 bits per heavy atom. The van der Waals surface area contributed by atoms with Crippen LogP contribution in [-0.2, 0) is 20.8 Å². The highest BCUT2D eigenvalue weighted by atomic mass is 16.6. The second-order valence-electron chi connectivity index (χ2n) is 12.1. The number of carbonyl (C=O) groups is 2. The molecule has 5 rings (SSSR count). The molecule has 0 N–H and O–H groups in total. The largest absolute Gasteiger partial charge is 0.486 e. The molecule has 3 aliphatic heterocycles. The molecule has 0 aliphatic carbocycles. The van der Waals surface area contributed by atoms with Crippen molar-refractivity contribution in [3.05, 3.63) is 41.6 Å². The molecule has 2 saturated heterocycles. The van der Waals surface area contributed by atoms with Gasteiger partial charge < -0.3 is 28.7 Å². The highest BCUT2D eigenvalue weighted by Crippen LogP contribution is 2.44. The number of ether oxygens (including phenoxy) is 4. The predicted octanol–water partition coefficient (Wildman–Crippen LogP) is 5.22. The molecule has 2 aromatic rings. The normalized spacial score (nSPS) is 17.8. The Morgan fingerprint density at radius 1 is 0.923 bits per heavy atom. The number of carbonyl (C=O) groups excluding carboxylic acids is 2. The van der Waals surface area contributed by atoms with E-state index in [0.717, 1.165) is 29.9 Å². The lowest BCUT2D eigenvalue weighted by atomic mass is 9.91. The van der Waals surface area contributed by atoms with E-state index >= 15 is 0 Å². The minimum Gasteiger partial charge on any atom is -0.486 e. The van der Waals surface area contributed by atoms with Gasteiger partial charge in [0, 0.05) is 44.0 Å². The zero-order valence-electron chi connectivity index (χ0n) is 23.7. The molecule has 2 amide bonds. The third-order valence-electron chi connectivity index (χ3n) is 6.75. The SMILES string of the molecule is CC(C)(C)OC(=O)N1CC(c2ccc3c(c2)N(C(=O)OC(C)(C)C)c2nccc(N4CCOCC4)c2CO3)C1. The number of rotatable bonds is 2. The van der Waals surface area contributed by atoms with Crippen molar-refractivity contribution in [2.45, 2.75) is 65.3 Å². The van der Waals surface area contributed by atoms with Gasteiger partial charge in [-0.05, 0) is 65.3 Å². The lowest BCUT2D eigenvalue weighted by Gasteiger charge is -2.40. The molecule has 1 aromatic carbocycles. The van der Waals surface area contributed by atoms with E-state index < -0.39 is 17.3 Å². The van der Waals surface area contributed by atoms with Crippen LogP contribution in [0.1, 0.15) is 58.6 Å². The molecule has 3 aliphatic rings. The maximum atomic E-state index is 13.7. The summed E-state index contributed by atoms with van der Waals surface area (Å²) < 4.78 is 23.2. The summed E-state index contributed by atoms with van der Waals surface area (Å²) in [7, 11) is 0. The standard InChI is InChI=1S/C29H38N4O6/c1-28(2,3)38-26(34)32-16-20(17-32)19-7-8-24-23(15-19)33(27(35)39-29(4,5)6)25-21(18-37-24)22(9-10-30-25)31-11-13-36-14-12-31/h7-10,15,20H,11-14,16-18H2,1-6H3. The van der Waals surface area contributed by atoms with Crippen molar-refractivity contribution < 1.29 is 28.5 Å². The van der Waals surface area contributed by atoms with Crippen molar-refractivity contribution in [1.82, 2.24) is 9.88 Å². The van der Waals surface area contributed by atoms with Crippen molar-refractivity contribution in [3.63, 3.8) is 0 Å². The number of hydrogen-bond donors (Lipinski definition) is 0. The number of morpholine rings is 1. The number of aromatic nitrogens is 1. The molecule has 0 unspecified atom stereocenters. The maximum absolute atomic E-state index is 13.7. The van der Waals surface area contributed by atoms with Crippen LogP contribution in [0.2, 0.25) is 0 Å². The Kier molecular flexibility index (Phi) is 7.09. The van der Waals surface area contributed by atoms with Crippen LogP contribution in [-0.4, -0.2) is 72.7 Å². The molecule has 0 bridgehead atoms. The zero-order valence-corrected chi connectivity index (χ0v) is 23.7. The van der Waals surface area contributed by atoms with Crippen LogP contribution >= 0.6 is 0 Å². The second-order valence-corrected chi connectivity index (χ2v) is 12.1. The molecule has 10 nitrogen and oxygen atoms in total. The van der Waals surface area contributed by atoms with Crippen LogP contribution in [0.15, 0.2) is 30.5 Å². The Labute approximate surface area is 229 Å². The maximum Gasteiger partial charge on any atom is 0.420 e. The van der Waals surface area contributed by atoms with Gasteiger partial charge in [-0.25, -0.2) is 19.5 Å². The molecule has 210 valence electrons. The quantitative estimate of drug-likeness (QED) is 0.514. The molecule has 1 aromatic heterocycles. The third kappa shape index (κ3) is 5.90. The number of fused-ring (bicyclic) bond motifs is 2. The smallest absolute Gasteiger partial charge is 0.420 e. The number of likely N-dealkylation sites (tertiary alicyclic amines) is 1. The van der Waals surface area contributed by atoms with E-state index in [9.17, 15) is 9.59 Å². The molecular formula is C29H38N4O6. The monoisotopic (exact) mass is 538 g/mol. The Hall–Kier alpha value is -3.53. The van der Waals surface area contributed by atoms with Crippen LogP contribution in [0.3, 0.4) is 0 Å². The topological polar surface area (TPSA) is 93.7 Å². The summed E-state index contributed by atoms with van der Waals surface area (Å²) in [4.78, 5) is 36.3. The molecule has 2 fully saturated rings. The average Bonchev–Trinajstić information content (AvgIpc) is 2.98. The summed E-state index contributed by atoms with van der Waals surface area (Å²) in [6.45, 7) is 15.2. The fraction of sp³-hybridized carbons (Fsp3) is 0.552. The van der Waals surface area contributed by atoms with Crippen molar-refractivity contribution in [2.75, 3.05) is 49.2 Å². The molecule has 0 saturated carbocycles. The van der Waals surface area contributed by atoms with Gasteiger partial charge in [-0.3, -0.25) is 0 Å². The minimum absolute atomic E-state index is 0.110. The van der Waals surface area contributed by atoms with E-state index in [1.807, 2.05) is 65.8 Å². The van der Waals surface area contributed by atoms with Crippen LogP contribution in [0, 0.1) is 0 Å². The summed E-state index contributed by atoms with van der Waals surface area (Å²) in [5.74, 6) is 1.17. The van der Waals surface area contributed by atoms with Gasteiger partial charge in [-0.1, -0.05) is 6.07 Å². The average molecular weight is 539 g/mol. The number of anilines is 3. The van der Waals surface area contributed by atoms with Gasteiger partial charge in [0.05, 0.1) is 24.5 Å². The fourth-order valence-corrected chi connectivity index (χ4v) is 4.91. The zero-order chi connectivity index (χ0) is 27.9. The Morgan fingerprint density at radius 3 is 2.26 bits per heavy atom. The molecule has 4 heterocycles. The van der Waals surface area contributed by atoms with Crippen LogP contribution in [0.5, 0.6) is 5.75 Å².